The SMILES string of the molecule is C=CCN(C(=O)c1cccc([N+](=O)[O-])c1C)c1nc(-c2ccccc2)cs1. The summed E-state index contributed by atoms with van der Waals surface area (Å²) < 4.78 is 0. The molecule has 1 heterocycles. The van der Waals surface area contributed by atoms with Crippen molar-refractivity contribution in [2.75, 3.05) is 11.4 Å². The van der Waals surface area contributed by atoms with Gasteiger partial charge in [0.05, 0.1) is 10.6 Å². The van der Waals surface area contributed by atoms with E-state index in [2.05, 4.69) is 11.6 Å². The van der Waals surface area contributed by atoms with Crippen molar-refractivity contribution >= 4 is 28.1 Å². The number of carbonyl (C=O) groups is 1. The molecule has 1 amide bonds. The molecule has 0 radical (unpaired) electrons. The lowest BCUT2D eigenvalue weighted by Crippen LogP contribution is -2.31. The Morgan fingerprint density at radius 2 is 2.00 bits per heavy atom. The van der Waals surface area contributed by atoms with Crippen LogP contribution in [0.25, 0.3) is 11.3 Å². The van der Waals surface area contributed by atoms with E-state index in [4.69, 9.17) is 0 Å². The first-order valence-corrected chi connectivity index (χ1v) is 9.08. The summed E-state index contributed by atoms with van der Waals surface area (Å²) in [6.45, 7) is 5.54. The fourth-order valence-electron chi connectivity index (χ4n) is 2.71. The summed E-state index contributed by atoms with van der Waals surface area (Å²) in [5.41, 5.74) is 2.26. The fourth-order valence-corrected chi connectivity index (χ4v) is 3.55. The van der Waals surface area contributed by atoms with Gasteiger partial charge in [-0.2, -0.15) is 0 Å². The number of aromatic nitrogens is 1. The second-order valence-corrected chi connectivity index (χ2v) is 6.63. The number of hydrogen-bond acceptors (Lipinski definition) is 5. The third kappa shape index (κ3) is 3.78. The molecule has 0 atom stereocenters. The predicted octanol–water partition coefficient (Wildman–Crippen LogP) is 4.86. The van der Waals surface area contributed by atoms with Gasteiger partial charge in [-0.25, -0.2) is 4.98 Å². The normalized spacial score (nSPS) is 10.4. The maximum Gasteiger partial charge on any atom is 0.273 e. The van der Waals surface area contributed by atoms with E-state index in [0.717, 1.165) is 11.3 Å². The molecular formula is C20H17N3O3S. The Balaban J connectivity index is 1.98. The molecule has 0 aliphatic heterocycles. The van der Waals surface area contributed by atoms with Crippen molar-refractivity contribution in [1.29, 1.82) is 0 Å². The molecule has 3 rings (SSSR count). The third-order valence-corrected chi connectivity index (χ3v) is 4.95. The predicted molar refractivity (Wildman–Crippen MR) is 107 cm³/mol. The van der Waals surface area contributed by atoms with Crippen molar-refractivity contribution in [2.24, 2.45) is 0 Å². The first kappa shape index (κ1) is 18.5. The number of amides is 1. The van der Waals surface area contributed by atoms with Crippen LogP contribution in [0.3, 0.4) is 0 Å². The number of hydrogen-bond donors (Lipinski definition) is 0. The zero-order valence-corrected chi connectivity index (χ0v) is 15.5. The van der Waals surface area contributed by atoms with Crippen LogP contribution in [-0.4, -0.2) is 22.4 Å². The second kappa shape index (κ2) is 7.92. The minimum Gasteiger partial charge on any atom is -0.280 e. The van der Waals surface area contributed by atoms with E-state index >= 15 is 0 Å². The van der Waals surface area contributed by atoms with Crippen LogP contribution in [-0.2, 0) is 0 Å². The zero-order chi connectivity index (χ0) is 19.4. The average molecular weight is 379 g/mol. The lowest BCUT2D eigenvalue weighted by molar-refractivity contribution is -0.385. The molecule has 0 aliphatic rings. The molecular weight excluding hydrogens is 362 g/mol. The van der Waals surface area contributed by atoms with Gasteiger partial charge in [0, 0.05) is 34.7 Å². The Kier molecular flexibility index (Phi) is 5.42. The van der Waals surface area contributed by atoms with Gasteiger partial charge >= 0.3 is 0 Å². The highest BCUT2D eigenvalue weighted by atomic mass is 32.1. The van der Waals surface area contributed by atoms with Crippen LogP contribution >= 0.6 is 11.3 Å². The minimum absolute atomic E-state index is 0.0801. The smallest absolute Gasteiger partial charge is 0.273 e. The summed E-state index contributed by atoms with van der Waals surface area (Å²) in [7, 11) is 0. The van der Waals surface area contributed by atoms with E-state index < -0.39 is 4.92 Å². The first-order valence-electron chi connectivity index (χ1n) is 8.20. The number of carbonyl (C=O) groups excluding carboxylic acids is 1. The van der Waals surface area contributed by atoms with Gasteiger partial charge in [-0.1, -0.05) is 42.5 Å². The molecule has 1 aromatic heterocycles. The molecule has 7 heteroatoms. The molecule has 0 bridgehead atoms. The van der Waals surface area contributed by atoms with Gasteiger partial charge in [0.15, 0.2) is 5.13 Å². The average Bonchev–Trinajstić information content (AvgIpc) is 3.16. The molecule has 0 aliphatic carbocycles. The van der Waals surface area contributed by atoms with Gasteiger partial charge in [0.25, 0.3) is 11.6 Å². The Morgan fingerprint density at radius 3 is 2.67 bits per heavy atom. The van der Waals surface area contributed by atoms with E-state index in [1.165, 1.54) is 28.4 Å². The summed E-state index contributed by atoms with van der Waals surface area (Å²) in [6.07, 6.45) is 1.61. The summed E-state index contributed by atoms with van der Waals surface area (Å²) in [5.74, 6) is -0.343. The number of anilines is 1. The van der Waals surface area contributed by atoms with Gasteiger partial charge in [-0.15, -0.1) is 17.9 Å². The Morgan fingerprint density at radius 1 is 1.26 bits per heavy atom. The van der Waals surface area contributed by atoms with E-state index in [0.29, 0.717) is 10.7 Å². The molecule has 0 saturated heterocycles. The molecule has 27 heavy (non-hydrogen) atoms. The van der Waals surface area contributed by atoms with Gasteiger partial charge in [-0.3, -0.25) is 19.8 Å². The summed E-state index contributed by atoms with van der Waals surface area (Å²) in [5, 5.41) is 13.6. The van der Waals surface area contributed by atoms with Crippen LogP contribution < -0.4 is 4.90 Å². The summed E-state index contributed by atoms with van der Waals surface area (Å²) >= 11 is 1.34. The van der Waals surface area contributed by atoms with Gasteiger partial charge < -0.3 is 0 Å². The molecule has 6 nitrogen and oxygen atoms in total. The van der Waals surface area contributed by atoms with Gasteiger partial charge in [-0.05, 0) is 13.0 Å². The van der Waals surface area contributed by atoms with E-state index in [9.17, 15) is 14.9 Å². The number of nitrogens with zero attached hydrogens (tertiary/aromatic N) is 3. The molecule has 3 aromatic rings. The van der Waals surface area contributed by atoms with Crippen molar-refractivity contribution < 1.29 is 9.72 Å². The van der Waals surface area contributed by atoms with Crippen LogP contribution in [0, 0.1) is 17.0 Å². The fraction of sp³-hybridized carbons (Fsp3) is 0.100. The van der Waals surface area contributed by atoms with Crippen molar-refractivity contribution in [3.63, 3.8) is 0 Å². The second-order valence-electron chi connectivity index (χ2n) is 5.79. The number of nitro benzene ring substituents is 1. The maximum atomic E-state index is 13.1. The molecule has 0 N–H and O–H groups in total. The molecule has 0 saturated carbocycles. The zero-order valence-electron chi connectivity index (χ0n) is 14.7. The number of thiazole rings is 1. The highest BCUT2D eigenvalue weighted by Crippen LogP contribution is 2.30. The largest absolute Gasteiger partial charge is 0.280 e. The quantitative estimate of drug-likeness (QED) is 0.348. The monoisotopic (exact) mass is 379 g/mol. The van der Waals surface area contributed by atoms with E-state index in [1.54, 1.807) is 19.1 Å². The first-order chi connectivity index (χ1) is 13.0. The number of benzene rings is 2. The van der Waals surface area contributed by atoms with Crippen molar-refractivity contribution in [1.82, 2.24) is 4.98 Å². The van der Waals surface area contributed by atoms with E-state index in [1.807, 2.05) is 35.7 Å². The lowest BCUT2D eigenvalue weighted by atomic mass is 10.1. The molecule has 0 fully saturated rings. The highest BCUT2D eigenvalue weighted by molar-refractivity contribution is 7.14. The topological polar surface area (TPSA) is 76.3 Å². The van der Waals surface area contributed by atoms with Crippen molar-refractivity contribution in [3.8, 4) is 11.3 Å². The molecule has 0 spiro atoms. The van der Waals surface area contributed by atoms with E-state index in [-0.39, 0.29) is 23.7 Å². The Hall–Kier alpha value is -3.32. The maximum absolute atomic E-state index is 13.1. The standard InChI is InChI=1S/C20H17N3O3S/c1-3-12-22(19(24)16-10-7-11-18(14(16)2)23(25)26)20-21-17(13-27-20)15-8-5-4-6-9-15/h3-11,13H,1,12H2,2H3. The third-order valence-electron chi connectivity index (χ3n) is 4.08. The highest BCUT2D eigenvalue weighted by Gasteiger charge is 2.24. The summed E-state index contributed by atoms with van der Waals surface area (Å²) in [6, 6.07) is 14.2. The lowest BCUT2D eigenvalue weighted by Gasteiger charge is -2.19. The van der Waals surface area contributed by atoms with Crippen LogP contribution in [0.5, 0.6) is 0 Å². The summed E-state index contributed by atoms with van der Waals surface area (Å²) in [4.78, 5) is 29.8. The van der Waals surface area contributed by atoms with Crippen LogP contribution in [0.2, 0.25) is 0 Å². The Bertz CT molecular complexity index is 999. The minimum atomic E-state index is -0.485. The molecule has 136 valence electrons. The Labute approximate surface area is 160 Å². The molecule has 2 aromatic carbocycles. The van der Waals surface area contributed by atoms with Crippen molar-refractivity contribution in [2.45, 2.75) is 6.92 Å². The van der Waals surface area contributed by atoms with Gasteiger partial charge in [0.1, 0.15) is 0 Å². The number of rotatable bonds is 6. The molecule has 0 unspecified atom stereocenters. The van der Waals surface area contributed by atoms with Crippen LogP contribution in [0.1, 0.15) is 15.9 Å². The van der Waals surface area contributed by atoms with Crippen LogP contribution in [0.4, 0.5) is 10.8 Å². The van der Waals surface area contributed by atoms with Gasteiger partial charge in [0.2, 0.25) is 0 Å². The number of nitro groups is 1. The van der Waals surface area contributed by atoms with Crippen molar-refractivity contribution in [3.05, 3.63) is 87.8 Å². The van der Waals surface area contributed by atoms with Crippen LogP contribution in [0.15, 0.2) is 66.6 Å².